The van der Waals surface area contributed by atoms with Gasteiger partial charge in [0.1, 0.15) is 0 Å². The number of halogens is 1. The summed E-state index contributed by atoms with van der Waals surface area (Å²) >= 11 is 6.00. The minimum atomic E-state index is -1.59. The number of para-hydroxylation sites is 1. The summed E-state index contributed by atoms with van der Waals surface area (Å²) in [6.45, 7) is 6.96. The summed E-state index contributed by atoms with van der Waals surface area (Å²) < 4.78 is 10.9. The van der Waals surface area contributed by atoms with Gasteiger partial charge in [0.15, 0.2) is 0 Å². The molecular formula is C25H32ClN3O4. The van der Waals surface area contributed by atoms with Crippen LogP contribution in [0.25, 0.3) is 0 Å². The molecule has 2 N–H and O–H groups in total. The van der Waals surface area contributed by atoms with Gasteiger partial charge in [-0.1, -0.05) is 41.9 Å². The number of anilines is 1. The first-order chi connectivity index (χ1) is 15.9. The molecule has 0 amide bonds. The van der Waals surface area contributed by atoms with E-state index in [4.69, 9.17) is 26.8 Å². The van der Waals surface area contributed by atoms with Crippen molar-refractivity contribution in [3.63, 3.8) is 0 Å². The molecule has 33 heavy (non-hydrogen) atoms. The topological polar surface area (TPSA) is 85.1 Å². The maximum Gasteiger partial charge on any atom is 0.338 e. The molecule has 8 heteroatoms. The van der Waals surface area contributed by atoms with E-state index in [1.54, 1.807) is 19.9 Å². The third kappa shape index (κ3) is 5.85. The van der Waals surface area contributed by atoms with E-state index >= 15 is 0 Å². The Balaban J connectivity index is 1.86. The van der Waals surface area contributed by atoms with Crippen molar-refractivity contribution in [1.82, 2.24) is 9.80 Å². The number of hydrogen-bond donors (Lipinski definition) is 1. The van der Waals surface area contributed by atoms with Crippen LogP contribution in [0.15, 0.2) is 48.5 Å². The molecule has 2 aromatic rings. The first-order valence-electron chi connectivity index (χ1n) is 11.3. The van der Waals surface area contributed by atoms with E-state index in [1.807, 2.05) is 47.4 Å². The van der Waals surface area contributed by atoms with E-state index < -0.39 is 17.5 Å². The van der Waals surface area contributed by atoms with Gasteiger partial charge in [-0.25, -0.2) is 9.59 Å². The normalized spacial score (nSPS) is 15.2. The Bertz CT molecular complexity index is 925. The van der Waals surface area contributed by atoms with Crippen molar-refractivity contribution in [2.24, 2.45) is 0 Å². The molecule has 0 atom stereocenters. The fourth-order valence-electron chi connectivity index (χ4n) is 4.21. The van der Waals surface area contributed by atoms with E-state index in [9.17, 15) is 9.59 Å². The van der Waals surface area contributed by atoms with Crippen molar-refractivity contribution in [1.29, 1.82) is 0 Å². The highest BCUT2D eigenvalue weighted by molar-refractivity contribution is 6.30. The first-order valence-corrected chi connectivity index (χ1v) is 11.7. The standard InChI is InChI=1S/C25H32ClN3O4/c1-3-32-23(30)25(24(31)33-4-2,17-20-7-5-6-8-22(20)27)29-15-13-28(14-16-29)18-19-9-11-21(26)12-10-19/h5-12H,3-4,13-18,27H2,1-2H3. The highest BCUT2D eigenvalue weighted by Gasteiger charge is 2.54. The number of hydrogen-bond acceptors (Lipinski definition) is 7. The summed E-state index contributed by atoms with van der Waals surface area (Å²) in [4.78, 5) is 30.9. The zero-order valence-electron chi connectivity index (χ0n) is 19.3. The van der Waals surface area contributed by atoms with Crippen molar-refractivity contribution in [2.45, 2.75) is 32.4 Å². The number of carbonyl (C=O) groups excluding carboxylic acids is 2. The van der Waals surface area contributed by atoms with Gasteiger partial charge in [-0.05, 0) is 43.2 Å². The number of nitrogen functional groups attached to an aromatic ring is 1. The van der Waals surface area contributed by atoms with Gasteiger partial charge in [0.2, 0.25) is 5.54 Å². The van der Waals surface area contributed by atoms with Crippen LogP contribution in [0, 0.1) is 0 Å². The van der Waals surface area contributed by atoms with Crippen LogP contribution >= 0.6 is 11.6 Å². The van der Waals surface area contributed by atoms with Crippen LogP contribution in [-0.4, -0.2) is 66.7 Å². The molecule has 1 aliphatic rings. The van der Waals surface area contributed by atoms with Crippen LogP contribution in [0.5, 0.6) is 0 Å². The van der Waals surface area contributed by atoms with Gasteiger partial charge in [-0.2, -0.15) is 0 Å². The molecule has 0 aromatic heterocycles. The number of carbonyl (C=O) groups is 2. The molecule has 1 aliphatic heterocycles. The fraction of sp³-hybridized carbons (Fsp3) is 0.440. The third-order valence-corrected chi connectivity index (χ3v) is 6.21. The molecule has 2 aromatic carbocycles. The highest BCUT2D eigenvalue weighted by atomic mass is 35.5. The van der Waals surface area contributed by atoms with E-state index in [1.165, 1.54) is 0 Å². The summed E-state index contributed by atoms with van der Waals surface area (Å²) in [5.74, 6) is -1.20. The van der Waals surface area contributed by atoms with Gasteiger partial charge in [-0.3, -0.25) is 9.80 Å². The van der Waals surface area contributed by atoms with E-state index in [-0.39, 0.29) is 19.6 Å². The minimum absolute atomic E-state index is 0.0918. The van der Waals surface area contributed by atoms with E-state index in [0.717, 1.165) is 12.1 Å². The Morgan fingerprint density at radius 3 is 2.06 bits per heavy atom. The summed E-state index contributed by atoms with van der Waals surface area (Å²) in [7, 11) is 0. The Kier molecular flexibility index (Phi) is 8.72. The van der Waals surface area contributed by atoms with Crippen LogP contribution in [0.3, 0.4) is 0 Å². The number of nitrogens with two attached hydrogens (primary N) is 1. The van der Waals surface area contributed by atoms with E-state index in [0.29, 0.717) is 42.5 Å². The summed E-state index contributed by atoms with van der Waals surface area (Å²) in [6, 6.07) is 15.0. The van der Waals surface area contributed by atoms with Gasteiger partial charge >= 0.3 is 11.9 Å². The van der Waals surface area contributed by atoms with Crippen molar-refractivity contribution in [3.05, 3.63) is 64.7 Å². The molecule has 0 spiro atoms. The number of nitrogens with zero attached hydrogens (tertiary/aromatic N) is 2. The fourth-order valence-corrected chi connectivity index (χ4v) is 4.33. The summed E-state index contributed by atoms with van der Waals surface area (Å²) in [5.41, 5.74) is 6.99. The first kappa shape index (κ1) is 25.0. The van der Waals surface area contributed by atoms with Crippen molar-refractivity contribution >= 4 is 29.2 Å². The Morgan fingerprint density at radius 2 is 1.52 bits per heavy atom. The van der Waals surface area contributed by atoms with Crippen molar-refractivity contribution in [3.8, 4) is 0 Å². The maximum atomic E-state index is 13.4. The lowest BCUT2D eigenvalue weighted by Gasteiger charge is -2.44. The van der Waals surface area contributed by atoms with Crippen LogP contribution in [-0.2, 0) is 32.0 Å². The van der Waals surface area contributed by atoms with Crippen LogP contribution in [0.1, 0.15) is 25.0 Å². The number of ether oxygens (including phenoxy) is 2. The number of benzene rings is 2. The molecule has 0 aliphatic carbocycles. The van der Waals surface area contributed by atoms with Gasteiger partial charge in [0, 0.05) is 49.9 Å². The van der Waals surface area contributed by atoms with Gasteiger partial charge in [-0.15, -0.1) is 0 Å². The Hall–Kier alpha value is -2.61. The van der Waals surface area contributed by atoms with Crippen molar-refractivity contribution < 1.29 is 19.1 Å². The van der Waals surface area contributed by atoms with Crippen LogP contribution < -0.4 is 5.73 Å². The molecule has 7 nitrogen and oxygen atoms in total. The van der Waals surface area contributed by atoms with Gasteiger partial charge in [0.05, 0.1) is 13.2 Å². The molecule has 178 valence electrons. The highest BCUT2D eigenvalue weighted by Crippen LogP contribution is 2.29. The molecule has 0 radical (unpaired) electrons. The van der Waals surface area contributed by atoms with Gasteiger partial charge in [0.25, 0.3) is 0 Å². The largest absolute Gasteiger partial charge is 0.464 e. The lowest BCUT2D eigenvalue weighted by Crippen LogP contribution is -2.66. The van der Waals surface area contributed by atoms with Gasteiger partial charge < -0.3 is 15.2 Å². The second-order valence-corrected chi connectivity index (χ2v) is 8.50. The summed E-state index contributed by atoms with van der Waals surface area (Å²) in [5, 5.41) is 0.706. The lowest BCUT2D eigenvalue weighted by molar-refractivity contribution is -0.177. The average Bonchev–Trinajstić information content (AvgIpc) is 2.81. The Labute approximate surface area is 200 Å². The molecule has 1 heterocycles. The van der Waals surface area contributed by atoms with Crippen LogP contribution in [0.4, 0.5) is 5.69 Å². The van der Waals surface area contributed by atoms with Crippen molar-refractivity contribution in [2.75, 3.05) is 45.1 Å². The summed E-state index contributed by atoms with van der Waals surface area (Å²) in [6.07, 6.45) is 0.0918. The minimum Gasteiger partial charge on any atom is -0.464 e. The van der Waals surface area contributed by atoms with E-state index in [2.05, 4.69) is 4.90 Å². The molecule has 0 saturated carbocycles. The van der Waals surface area contributed by atoms with Crippen LogP contribution in [0.2, 0.25) is 5.02 Å². The second kappa shape index (κ2) is 11.5. The number of esters is 2. The quantitative estimate of drug-likeness (QED) is 0.340. The molecule has 1 saturated heterocycles. The molecule has 0 bridgehead atoms. The molecule has 0 unspecified atom stereocenters. The zero-order valence-corrected chi connectivity index (χ0v) is 20.0. The Morgan fingerprint density at radius 1 is 0.939 bits per heavy atom. The predicted octanol–water partition coefficient (Wildman–Crippen LogP) is 3.15. The number of piperazine rings is 1. The maximum absolute atomic E-state index is 13.4. The third-order valence-electron chi connectivity index (χ3n) is 5.96. The lowest BCUT2D eigenvalue weighted by atomic mass is 9.87. The predicted molar refractivity (Wildman–Crippen MR) is 129 cm³/mol. The number of rotatable bonds is 9. The average molecular weight is 474 g/mol. The zero-order chi connectivity index (χ0) is 23.8. The molecular weight excluding hydrogens is 442 g/mol. The monoisotopic (exact) mass is 473 g/mol. The molecule has 1 fully saturated rings. The molecule has 3 rings (SSSR count). The second-order valence-electron chi connectivity index (χ2n) is 8.07. The smallest absolute Gasteiger partial charge is 0.338 e. The SMILES string of the molecule is CCOC(=O)C(Cc1ccccc1N)(C(=O)OCC)N1CCN(Cc2ccc(Cl)cc2)CC1.